The highest BCUT2D eigenvalue weighted by Gasteiger charge is 2.32. The van der Waals surface area contributed by atoms with Gasteiger partial charge in [0.25, 0.3) is 0 Å². The van der Waals surface area contributed by atoms with Gasteiger partial charge in [-0.05, 0) is 18.2 Å². The van der Waals surface area contributed by atoms with Crippen LogP contribution in [0.4, 0.5) is 11.6 Å². The molecule has 1 aromatic carbocycles. The summed E-state index contributed by atoms with van der Waals surface area (Å²) < 4.78 is 5.19. The van der Waals surface area contributed by atoms with Crippen molar-refractivity contribution >= 4 is 22.7 Å². The molecule has 1 atom stereocenters. The first-order chi connectivity index (χ1) is 8.65. The molecule has 0 radical (unpaired) electrons. The van der Waals surface area contributed by atoms with E-state index in [9.17, 15) is 5.11 Å². The van der Waals surface area contributed by atoms with E-state index in [4.69, 9.17) is 10.5 Å². The van der Waals surface area contributed by atoms with Crippen LogP contribution in [0.15, 0.2) is 18.2 Å². The van der Waals surface area contributed by atoms with Gasteiger partial charge in [-0.15, -0.1) is 0 Å². The first-order valence-corrected chi connectivity index (χ1v) is 5.94. The van der Waals surface area contributed by atoms with E-state index in [2.05, 4.69) is 15.3 Å². The molecule has 1 aliphatic rings. The summed E-state index contributed by atoms with van der Waals surface area (Å²) in [5.41, 5.74) is 7.33. The van der Waals surface area contributed by atoms with Gasteiger partial charge < -0.3 is 25.9 Å². The summed E-state index contributed by atoms with van der Waals surface area (Å²) in [6.45, 7) is 1.39. The molecule has 1 saturated heterocycles. The van der Waals surface area contributed by atoms with E-state index in [1.807, 2.05) is 18.2 Å². The minimum Gasteiger partial charge on any atom is -0.399 e. The standard InChI is InChI=1S/C12H16N4O2/c13-8-1-2-9-10(5-8)16-11(15-9)14-6-12(17)3-4-18-7-12/h1-2,5,17H,3-4,6-7,13H2,(H2,14,15,16). The van der Waals surface area contributed by atoms with Crippen LogP contribution in [0.2, 0.25) is 0 Å². The van der Waals surface area contributed by atoms with Gasteiger partial charge in [0, 0.05) is 25.3 Å². The van der Waals surface area contributed by atoms with E-state index >= 15 is 0 Å². The zero-order chi connectivity index (χ0) is 12.6. The van der Waals surface area contributed by atoms with Gasteiger partial charge in [0.15, 0.2) is 0 Å². The molecule has 0 amide bonds. The van der Waals surface area contributed by atoms with Crippen LogP contribution in [0.3, 0.4) is 0 Å². The van der Waals surface area contributed by atoms with Crippen molar-refractivity contribution in [1.29, 1.82) is 0 Å². The molecule has 6 nitrogen and oxygen atoms in total. The fourth-order valence-electron chi connectivity index (χ4n) is 2.10. The Balaban J connectivity index is 1.74. The van der Waals surface area contributed by atoms with Crippen LogP contribution in [0.25, 0.3) is 11.0 Å². The van der Waals surface area contributed by atoms with Crippen molar-refractivity contribution in [2.75, 3.05) is 30.8 Å². The number of hydrogen-bond acceptors (Lipinski definition) is 5. The number of anilines is 2. The largest absolute Gasteiger partial charge is 0.399 e. The first-order valence-electron chi connectivity index (χ1n) is 5.94. The number of imidazole rings is 1. The molecule has 0 saturated carbocycles. The average Bonchev–Trinajstić information content (AvgIpc) is 2.93. The number of hydrogen-bond donors (Lipinski definition) is 4. The molecule has 1 aromatic heterocycles. The van der Waals surface area contributed by atoms with Gasteiger partial charge in [0.1, 0.15) is 5.60 Å². The van der Waals surface area contributed by atoms with Gasteiger partial charge in [0.2, 0.25) is 5.95 Å². The van der Waals surface area contributed by atoms with Crippen molar-refractivity contribution in [2.45, 2.75) is 12.0 Å². The second-order valence-electron chi connectivity index (χ2n) is 4.74. The molecule has 18 heavy (non-hydrogen) atoms. The molecule has 3 rings (SSSR count). The van der Waals surface area contributed by atoms with Gasteiger partial charge in [-0.1, -0.05) is 0 Å². The fourth-order valence-corrected chi connectivity index (χ4v) is 2.10. The number of nitrogens with zero attached hydrogens (tertiary/aromatic N) is 1. The second-order valence-corrected chi connectivity index (χ2v) is 4.74. The quantitative estimate of drug-likeness (QED) is 0.600. The molecule has 1 unspecified atom stereocenters. The van der Waals surface area contributed by atoms with E-state index in [1.165, 1.54) is 0 Å². The van der Waals surface area contributed by atoms with Gasteiger partial charge in [-0.2, -0.15) is 0 Å². The van der Waals surface area contributed by atoms with Crippen LogP contribution in [0.5, 0.6) is 0 Å². The van der Waals surface area contributed by atoms with Crippen LogP contribution >= 0.6 is 0 Å². The van der Waals surface area contributed by atoms with Crippen molar-refractivity contribution in [3.05, 3.63) is 18.2 Å². The zero-order valence-electron chi connectivity index (χ0n) is 9.94. The monoisotopic (exact) mass is 248 g/mol. The molecule has 1 aliphatic heterocycles. The number of aliphatic hydroxyl groups is 1. The van der Waals surface area contributed by atoms with Gasteiger partial charge in [-0.3, -0.25) is 0 Å². The highest BCUT2D eigenvalue weighted by atomic mass is 16.5. The molecule has 0 spiro atoms. The van der Waals surface area contributed by atoms with Crippen molar-refractivity contribution in [1.82, 2.24) is 9.97 Å². The lowest BCUT2D eigenvalue weighted by molar-refractivity contribution is 0.0381. The number of fused-ring (bicyclic) bond motifs is 1. The lowest BCUT2D eigenvalue weighted by Gasteiger charge is -2.20. The third-order valence-electron chi connectivity index (χ3n) is 3.17. The Morgan fingerprint density at radius 3 is 3.22 bits per heavy atom. The normalized spacial score (nSPS) is 23.6. The van der Waals surface area contributed by atoms with E-state index in [0.29, 0.717) is 37.8 Å². The fraction of sp³-hybridized carbons (Fsp3) is 0.417. The highest BCUT2D eigenvalue weighted by molar-refractivity contribution is 5.80. The summed E-state index contributed by atoms with van der Waals surface area (Å²) >= 11 is 0. The van der Waals surface area contributed by atoms with Crippen molar-refractivity contribution < 1.29 is 9.84 Å². The van der Waals surface area contributed by atoms with Crippen LogP contribution < -0.4 is 11.1 Å². The third-order valence-corrected chi connectivity index (χ3v) is 3.17. The zero-order valence-corrected chi connectivity index (χ0v) is 9.94. The maximum Gasteiger partial charge on any atom is 0.201 e. The number of nitrogens with one attached hydrogen (secondary N) is 2. The number of H-pyrrole nitrogens is 1. The topological polar surface area (TPSA) is 96.2 Å². The maximum absolute atomic E-state index is 10.1. The SMILES string of the molecule is Nc1ccc2nc(NCC3(O)CCOC3)[nH]c2c1. The number of nitrogen functional groups attached to an aromatic ring is 1. The lowest BCUT2D eigenvalue weighted by atomic mass is 10.0. The van der Waals surface area contributed by atoms with E-state index in [-0.39, 0.29) is 0 Å². The van der Waals surface area contributed by atoms with Crippen molar-refractivity contribution in [3.63, 3.8) is 0 Å². The summed E-state index contributed by atoms with van der Waals surface area (Å²) in [6.07, 6.45) is 0.646. The Hall–Kier alpha value is -1.79. The predicted molar refractivity (Wildman–Crippen MR) is 69.4 cm³/mol. The summed E-state index contributed by atoms with van der Waals surface area (Å²) in [7, 11) is 0. The third kappa shape index (κ3) is 2.12. The second kappa shape index (κ2) is 4.15. The molecule has 5 N–H and O–H groups in total. The molecular weight excluding hydrogens is 232 g/mol. The number of benzene rings is 1. The van der Waals surface area contributed by atoms with Gasteiger partial charge >= 0.3 is 0 Å². The lowest BCUT2D eigenvalue weighted by Crippen LogP contribution is -2.37. The summed E-state index contributed by atoms with van der Waals surface area (Å²) in [5.74, 6) is 0.635. The maximum atomic E-state index is 10.1. The van der Waals surface area contributed by atoms with Gasteiger partial charge in [-0.25, -0.2) is 4.98 Å². The molecular formula is C12H16N4O2. The average molecular weight is 248 g/mol. The van der Waals surface area contributed by atoms with E-state index < -0.39 is 5.60 Å². The Labute approximate surface area is 104 Å². The van der Waals surface area contributed by atoms with Crippen LogP contribution in [-0.4, -0.2) is 40.4 Å². The molecule has 1 fully saturated rings. The molecule has 0 aliphatic carbocycles. The minimum atomic E-state index is -0.794. The number of rotatable bonds is 3. The first kappa shape index (κ1) is 11.3. The van der Waals surface area contributed by atoms with Crippen molar-refractivity contribution in [3.8, 4) is 0 Å². The Morgan fingerprint density at radius 1 is 1.56 bits per heavy atom. The molecule has 0 bridgehead atoms. The Morgan fingerprint density at radius 2 is 2.44 bits per heavy atom. The Kier molecular flexibility index (Phi) is 2.61. The smallest absolute Gasteiger partial charge is 0.201 e. The summed E-state index contributed by atoms with van der Waals surface area (Å²) in [5, 5.41) is 13.2. The molecule has 6 heteroatoms. The number of nitrogens with two attached hydrogens (primary N) is 1. The van der Waals surface area contributed by atoms with Crippen LogP contribution in [0.1, 0.15) is 6.42 Å². The predicted octanol–water partition coefficient (Wildman–Crippen LogP) is 0.708. The van der Waals surface area contributed by atoms with E-state index in [1.54, 1.807) is 0 Å². The molecule has 96 valence electrons. The van der Waals surface area contributed by atoms with Crippen molar-refractivity contribution in [2.24, 2.45) is 0 Å². The van der Waals surface area contributed by atoms with E-state index in [0.717, 1.165) is 11.0 Å². The van der Waals surface area contributed by atoms with Gasteiger partial charge in [0.05, 0.1) is 17.6 Å². The minimum absolute atomic E-state index is 0.368. The Bertz CT molecular complexity index is 560. The molecule has 2 heterocycles. The summed E-state index contributed by atoms with van der Waals surface area (Å²) in [6, 6.07) is 5.51. The number of aromatic amines is 1. The highest BCUT2D eigenvalue weighted by Crippen LogP contribution is 2.20. The molecule has 2 aromatic rings. The number of ether oxygens (including phenoxy) is 1. The summed E-state index contributed by atoms with van der Waals surface area (Å²) in [4.78, 5) is 7.50. The van der Waals surface area contributed by atoms with Crippen LogP contribution in [0, 0.1) is 0 Å². The number of aromatic nitrogens is 2. The van der Waals surface area contributed by atoms with Crippen LogP contribution in [-0.2, 0) is 4.74 Å².